The molecule has 1 aromatic carbocycles. The molecule has 0 bridgehead atoms. The van der Waals surface area contributed by atoms with Gasteiger partial charge < -0.3 is 11.1 Å². The first-order valence-electron chi connectivity index (χ1n) is 6.94. The summed E-state index contributed by atoms with van der Waals surface area (Å²) in [7, 11) is -3.31. The Morgan fingerprint density at radius 3 is 2.64 bits per heavy atom. The quantitative estimate of drug-likeness (QED) is 0.834. The molecule has 120 valence electrons. The van der Waals surface area contributed by atoms with Crippen LogP contribution in [0.3, 0.4) is 0 Å². The summed E-state index contributed by atoms with van der Waals surface area (Å²) in [6.45, 7) is 0.587. The number of hydrogen-bond donors (Lipinski definition) is 2. The molecule has 22 heavy (non-hydrogen) atoms. The normalized spacial score (nSPS) is 19.6. The molecule has 1 unspecified atom stereocenters. The summed E-state index contributed by atoms with van der Waals surface area (Å²) < 4.78 is 24.5. The van der Waals surface area contributed by atoms with Crippen LogP contribution in [-0.2, 0) is 14.8 Å². The van der Waals surface area contributed by atoms with Gasteiger partial charge in [-0.2, -0.15) is 0 Å². The van der Waals surface area contributed by atoms with Gasteiger partial charge in [0.15, 0.2) is 0 Å². The monoisotopic (exact) mass is 325 g/mol. The van der Waals surface area contributed by atoms with Gasteiger partial charge >= 0.3 is 0 Å². The minimum absolute atomic E-state index is 0.156. The Kier molecular flexibility index (Phi) is 4.82. The van der Waals surface area contributed by atoms with Crippen molar-refractivity contribution in [1.82, 2.24) is 4.31 Å². The second kappa shape index (κ2) is 6.45. The number of amides is 2. The van der Waals surface area contributed by atoms with E-state index in [1.807, 2.05) is 0 Å². The van der Waals surface area contributed by atoms with Gasteiger partial charge in [0.1, 0.15) is 0 Å². The predicted octanol–water partition coefficient (Wildman–Crippen LogP) is 0.396. The van der Waals surface area contributed by atoms with Crippen LogP contribution in [-0.4, -0.2) is 43.9 Å². The third kappa shape index (κ3) is 3.83. The zero-order valence-electron chi connectivity index (χ0n) is 12.3. The van der Waals surface area contributed by atoms with E-state index in [-0.39, 0.29) is 18.0 Å². The van der Waals surface area contributed by atoms with Crippen molar-refractivity contribution in [3.63, 3.8) is 0 Å². The summed E-state index contributed by atoms with van der Waals surface area (Å²) >= 11 is 0. The van der Waals surface area contributed by atoms with E-state index >= 15 is 0 Å². The molecule has 1 aliphatic heterocycles. The van der Waals surface area contributed by atoms with Crippen LogP contribution < -0.4 is 11.1 Å². The number of carbonyl (C=O) groups is 2. The van der Waals surface area contributed by atoms with Gasteiger partial charge in [0.25, 0.3) is 5.91 Å². The fourth-order valence-electron chi connectivity index (χ4n) is 2.50. The van der Waals surface area contributed by atoms with Gasteiger partial charge in [0.2, 0.25) is 15.9 Å². The third-order valence-corrected chi connectivity index (χ3v) is 4.94. The maximum absolute atomic E-state index is 12.3. The van der Waals surface area contributed by atoms with Crippen LogP contribution in [0.15, 0.2) is 24.3 Å². The fourth-order valence-corrected chi connectivity index (χ4v) is 3.41. The number of nitrogens with one attached hydrogen (secondary N) is 1. The molecule has 0 aromatic heterocycles. The van der Waals surface area contributed by atoms with Crippen LogP contribution in [0.25, 0.3) is 0 Å². The number of rotatable bonds is 4. The molecule has 0 radical (unpaired) electrons. The number of benzene rings is 1. The second-order valence-electron chi connectivity index (χ2n) is 5.36. The van der Waals surface area contributed by atoms with Crippen LogP contribution >= 0.6 is 0 Å². The third-order valence-electron chi connectivity index (χ3n) is 3.67. The van der Waals surface area contributed by atoms with Crippen LogP contribution in [0.5, 0.6) is 0 Å². The predicted molar refractivity (Wildman–Crippen MR) is 82.7 cm³/mol. The van der Waals surface area contributed by atoms with Crippen molar-refractivity contribution in [3.05, 3.63) is 29.8 Å². The molecule has 2 amide bonds. The van der Waals surface area contributed by atoms with E-state index in [1.54, 1.807) is 18.2 Å². The fraction of sp³-hybridized carbons (Fsp3) is 0.429. The molecule has 2 rings (SSSR count). The molecule has 0 saturated carbocycles. The number of hydrogen-bond acceptors (Lipinski definition) is 4. The van der Waals surface area contributed by atoms with E-state index in [9.17, 15) is 18.0 Å². The first-order chi connectivity index (χ1) is 10.3. The van der Waals surface area contributed by atoms with E-state index < -0.39 is 21.8 Å². The molecular weight excluding hydrogens is 306 g/mol. The van der Waals surface area contributed by atoms with E-state index in [2.05, 4.69) is 5.32 Å². The van der Waals surface area contributed by atoms with Gasteiger partial charge in [-0.15, -0.1) is 0 Å². The number of anilines is 1. The number of para-hydroxylation sites is 1. The first-order valence-corrected chi connectivity index (χ1v) is 8.78. The first kappa shape index (κ1) is 16.4. The number of carbonyl (C=O) groups excluding carboxylic acids is 2. The summed E-state index contributed by atoms with van der Waals surface area (Å²) in [5.41, 5.74) is 5.84. The molecule has 1 aliphatic rings. The van der Waals surface area contributed by atoms with Crippen molar-refractivity contribution in [1.29, 1.82) is 0 Å². The molecule has 1 aromatic rings. The van der Waals surface area contributed by atoms with Crippen molar-refractivity contribution >= 4 is 27.5 Å². The van der Waals surface area contributed by atoms with Crippen LogP contribution in [0, 0.1) is 5.92 Å². The standard InChI is InChI=1S/C14H19N3O4S/c1-22(20,21)17-8-4-5-10(9-17)14(19)16-12-7-3-2-6-11(12)13(15)18/h2-3,6-7,10H,4-5,8-9H2,1H3,(H2,15,18)(H,16,19). The summed E-state index contributed by atoms with van der Waals surface area (Å²) in [6.07, 6.45) is 2.37. The highest BCUT2D eigenvalue weighted by Crippen LogP contribution is 2.22. The Morgan fingerprint density at radius 2 is 2.00 bits per heavy atom. The molecule has 7 nitrogen and oxygen atoms in total. The zero-order chi connectivity index (χ0) is 16.3. The topological polar surface area (TPSA) is 110 Å². The van der Waals surface area contributed by atoms with Gasteiger partial charge in [-0.3, -0.25) is 9.59 Å². The number of nitrogens with zero attached hydrogens (tertiary/aromatic N) is 1. The second-order valence-corrected chi connectivity index (χ2v) is 7.34. The molecule has 1 heterocycles. The lowest BCUT2D eigenvalue weighted by Crippen LogP contribution is -2.43. The van der Waals surface area contributed by atoms with E-state index in [1.165, 1.54) is 10.4 Å². The highest BCUT2D eigenvalue weighted by atomic mass is 32.2. The van der Waals surface area contributed by atoms with Gasteiger partial charge in [0, 0.05) is 13.1 Å². The summed E-state index contributed by atoms with van der Waals surface area (Å²) in [4.78, 5) is 23.7. The molecule has 1 atom stereocenters. The van der Waals surface area contributed by atoms with E-state index in [0.717, 1.165) is 6.26 Å². The minimum Gasteiger partial charge on any atom is -0.366 e. The van der Waals surface area contributed by atoms with Crippen molar-refractivity contribution in [3.8, 4) is 0 Å². The Labute approximate surface area is 129 Å². The summed E-state index contributed by atoms with van der Waals surface area (Å²) in [6, 6.07) is 6.46. The largest absolute Gasteiger partial charge is 0.366 e. The molecule has 0 spiro atoms. The van der Waals surface area contributed by atoms with Crippen LogP contribution in [0.2, 0.25) is 0 Å². The number of nitrogens with two attached hydrogens (primary N) is 1. The van der Waals surface area contributed by atoms with Crippen molar-refractivity contribution < 1.29 is 18.0 Å². The molecular formula is C14H19N3O4S. The van der Waals surface area contributed by atoms with Gasteiger partial charge in [-0.05, 0) is 25.0 Å². The molecule has 0 aliphatic carbocycles. The van der Waals surface area contributed by atoms with Gasteiger partial charge in [-0.1, -0.05) is 12.1 Å². The lowest BCUT2D eigenvalue weighted by Gasteiger charge is -2.30. The van der Waals surface area contributed by atoms with Crippen molar-refractivity contribution in [2.45, 2.75) is 12.8 Å². The number of sulfonamides is 1. The summed E-state index contributed by atoms with van der Waals surface area (Å²) in [5.74, 6) is -1.37. The van der Waals surface area contributed by atoms with Crippen LogP contribution in [0.1, 0.15) is 23.2 Å². The van der Waals surface area contributed by atoms with Gasteiger partial charge in [0.05, 0.1) is 23.4 Å². The SMILES string of the molecule is CS(=O)(=O)N1CCCC(C(=O)Nc2ccccc2C(N)=O)C1. The average Bonchev–Trinajstić information content (AvgIpc) is 2.47. The minimum atomic E-state index is -3.31. The Bertz CT molecular complexity index is 687. The van der Waals surface area contributed by atoms with Crippen molar-refractivity contribution in [2.75, 3.05) is 24.7 Å². The highest BCUT2D eigenvalue weighted by Gasteiger charge is 2.30. The highest BCUT2D eigenvalue weighted by molar-refractivity contribution is 7.88. The summed E-state index contributed by atoms with van der Waals surface area (Å²) in [5, 5.41) is 2.67. The van der Waals surface area contributed by atoms with E-state index in [4.69, 9.17) is 5.73 Å². The average molecular weight is 325 g/mol. The molecule has 1 fully saturated rings. The maximum atomic E-state index is 12.3. The lowest BCUT2D eigenvalue weighted by molar-refractivity contribution is -0.120. The molecule has 1 saturated heterocycles. The van der Waals surface area contributed by atoms with Crippen molar-refractivity contribution in [2.24, 2.45) is 11.7 Å². The Morgan fingerprint density at radius 1 is 1.32 bits per heavy atom. The van der Waals surface area contributed by atoms with E-state index in [0.29, 0.717) is 25.1 Å². The number of primary amides is 1. The smallest absolute Gasteiger partial charge is 0.250 e. The maximum Gasteiger partial charge on any atom is 0.250 e. The zero-order valence-corrected chi connectivity index (χ0v) is 13.1. The van der Waals surface area contributed by atoms with Gasteiger partial charge in [-0.25, -0.2) is 12.7 Å². The lowest BCUT2D eigenvalue weighted by atomic mass is 9.98. The number of piperidine rings is 1. The molecule has 8 heteroatoms. The Balaban J connectivity index is 2.11. The van der Waals surface area contributed by atoms with Crippen LogP contribution in [0.4, 0.5) is 5.69 Å². The Hall–Kier alpha value is -1.93. The molecule has 3 N–H and O–H groups in total.